The molecule has 1 aliphatic carbocycles. The second kappa shape index (κ2) is 5.73. The summed E-state index contributed by atoms with van der Waals surface area (Å²) in [7, 11) is 0. The number of hydrogen-bond donors (Lipinski definition) is 0. The maximum atomic E-state index is 11.7. The van der Waals surface area contributed by atoms with Crippen LogP contribution in [0.25, 0.3) is 0 Å². The third-order valence-corrected chi connectivity index (χ3v) is 4.24. The Morgan fingerprint density at radius 3 is 2.90 bits per heavy atom. The van der Waals surface area contributed by atoms with Crippen LogP contribution in [0.4, 0.5) is 0 Å². The minimum absolute atomic E-state index is 0.165. The molecule has 2 aliphatic rings. The summed E-state index contributed by atoms with van der Waals surface area (Å²) in [6.45, 7) is 2.57. The highest BCUT2D eigenvalue weighted by atomic mass is 16.7. The van der Waals surface area contributed by atoms with E-state index < -0.39 is 0 Å². The van der Waals surface area contributed by atoms with Gasteiger partial charge in [-0.05, 0) is 31.9 Å². The molecule has 0 radical (unpaired) electrons. The van der Waals surface area contributed by atoms with E-state index in [1.165, 1.54) is 6.42 Å². The highest BCUT2D eigenvalue weighted by Crippen LogP contribution is 2.36. The number of carbonyl (C=O) groups is 1. The first-order valence-corrected chi connectivity index (χ1v) is 7.27. The predicted molar refractivity (Wildman–Crippen MR) is 74.2 cm³/mol. The fraction of sp³-hybridized carbons (Fsp3) is 0.562. The first-order valence-electron chi connectivity index (χ1n) is 7.27. The molecule has 0 spiro atoms. The van der Waals surface area contributed by atoms with Gasteiger partial charge in [-0.3, -0.25) is 4.79 Å². The van der Waals surface area contributed by atoms with E-state index in [1.54, 1.807) is 6.92 Å². The first kappa shape index (κ1) is 13.3. The van der Waals surface area contributed by atoms with Crippen LogP contribution in [0.2, 0.25) is 0 Å². The zero-order valence-electron chi connectivity index (χ0n) is 11.8. The third kappa shape index (κ3) is 2.74. The van der Waals surface area contributed by atoms with Crippen molar-refractivity contribution in [3.05, 3.63) is 18.2 Å². The Balaban J connectivity index is 1.62. The molecule has 4 heteroatoms. The Labute approximate surface area is 119 Å². The lowest BCUT2D eigenvalue weighted by molar-refractivity contribution is -0.123. The van der Waals surface area contributed by atoms with Crippen molar-refractivity contribution in [3.8, 4) is 17.2 Å². The minimum atomic E-state index is 0.165. The summed E-state index contributed by atoms with van der Waals surface area (Å²) in [6.07, 6.45) is 4.43. The summed E-state index contributed by atoms with van der Waals surface area (Å²) < 4.78 is 16.5. The number of rotatable bonds is 4. The van der Waals surface area contributed by atoms with Gasteiger partial charge in [-0.2, -0.15) is 0 Å². The maximum Gasteiger partial charge on any atom is 0.231 e. The van der Waals surface area contributed by atoms with Crippen molar-refractivity contribution < 1.29 is 19.0 Å². The van der Waals surface area contributed by atoms with Crippen LogP contribution < -0.4 is 14.2 Å². The van der Waals surface area contributed by atoms with E-state index in [9.17, 15) is 4.79 Å². The Hall–Kier alpha value is -1.71. The molecule has 0 aromatic heterocycles. The number of ketones is 1. The molecule has 0 amide bonds. The van der Waals surface area contributed by atoms with Crippen LogP contribution >= 0.6 is 0 Å². The summed E-state index contributed by atoms with van der Waals surface area (Å²) in [5.74, 6) is 3.07. The van der Waals surface area contributed by atoms with Gasteiger partial charge in [-0.25, -0.2) is 0 Å². The van der Waals surface area contributed by atoms with Gasteiger partial charge in [0, 0.05) is 17.9 Å². The van der Waals surface area contributed by atoms with Crippen molar-refractivity contribution in [2.24, 2.45) is 11.8 Å². The van der Waals surface area contributed by atoms with Crippen molar-refractivity contribution in [1.29, 1.82) is 0 Å². The molecule has 1 aliphatic heterocycles. The number of fused-ring (bicyclic) bond motifs is 1. The summed E-state index contributed by atoms with van der Waals surface area (Å²) in [5, 5.41) is 0. The topological polar surface area (TPSA) is 44.8 Å². The van der Waals surface area contributed by atoms with Crippen molar-refractivity contribution in [1.82, 2.24) is 0 Å². The number of hydrogen-bond acceptors (Lipinski definition) is 4. The molecule has 108 valence electrons. The number of benzene rings is 1. The predicted octanol–water partition coefficient (Wildman–Crippen LogP) is 3.19. The first-order chi connectivity index (χ1) is 9.74. The number of Topliss-reactive ketones (excluding diaryl/α,β-unsaturated/α-hetero) is 1. The van der Waals surface area contributed by atoms with E-state index in [2.05, 4.69) is 0 Å². The summed E-state index contributed by atoms with van der Waals surface area (Å²) >= 11 is 0. The van der Waals surface area contributed by atoms with Gasteiger partial charge in [0.25, 0.3) is 0 Å². The van der Waals surface area contributed by atoms with Gasteiger partial charge in [0.05, 0.1) is 6.61 Å². The number of ether oxygens (including phenoxy) is 3. The highest BCUT2D eigenvalue weighted by Gasteiger charge is 2.29. The van der Waals surface area contributed by atoms with Gasteiger partial charge in [-0.15, -0.1) is 0 Å². The van der Waals surface area contributed by atoms with Crippen LogP contribution in [0.5, 0.6) is 17.2 Å². The molecule has 2 unspecified atom stereocenters. The van der Waals surface area contributed by atoms with Crippen LogP contribution in [-0.4, -0.2) is 19.2 Å². The summed E-state index contributed by atoms with van der Waals surface area (Å²) in [5.41, 5.74) is 0. The van der Waals surface area contributed by atoms with Crippen molar-refractivity contribution in [2.75, 3.05) is 13.4 Å². The summed E-state index contributed by atoms with van der Waals surface area (Å²) in [6, 6.07) is 5.61. The summed E-state index contributed by atoms with van der Waals surface area (Å²) in [4.78, 5) is 11.7. The SMILES string of the molecule is CC(=O)C1CCCCC1COc1ccc2c(c1)OCO2. The quantitative estimate of drug-likeness (QED) is 0.847. The average molecular weight is 276 g/mol. The van der Waals surface area contributed by atoms with Crippen molar-refractivity contribution in [3.63, 3.8) is 0 Å². The molecule has 0 N–H and O–H groups in total. The lowest BCUT2D eigenvalue weighted by atomic mass is 9.78. The smallest absolute Gasteiger partial charge is 0.231 e. The molecule has 20 heavy (non-hydrogen) atoms. The zero-order chi connectivity index (χ0) is 13.9. The molecule has 0 bridgehead atoms. The maximum absolute atomic E-state index is 11.7. The number of carbonyl (C=O) groups excluding carboxylic acids is 1. The minimum Gasteiger partial charge on any atom is -0.493 e. The Morgan fingerprint density at radius 2 is 2.05 bits per heavy atom. The molecule has 2 atom stereocenters. The average Bonchev–Trinajstić information content (AvgIpc) is 2.92. The van der Waals surface area contributed by atoms with Crippen LogP contribution in [0.1, 0.15) is 32.6 Å². The van der Waals surface area contributed by atoms with E-state index >= 15 is 0 Å². The van der Waals surface area contributed by atoms with E-state index in [4.69, 9.17) is 14.2 Å². The second-order valence-electron chi connectivity index (χ2n) is 5.59. The largest absolute Gasteiger partial charge is 0.493 e. The van der Waals surface area contributed by atoms with Crippen LogP contribution in [-0.2, 0) is 4.79 Å². The Morgan fingerprint density at radius 1 is 1.25 bits per heavy atom. The van der Waals surface area contributed by atoms with E-state index in [0.29, 0.717) is 18.3 Å². The lowest BCUT2D eigenvalue weighted by Crippen LogP contribution is -2.29. The molecule has 3 rings (SSSR count). The van der Waals surface area contributed by atoms with E-state index in [-0.39, 0.29) is 12.7 Å². The second-order valence-corrected chi connectivity index (χ2v) is 5.59. The zero-order valence-corrected chi connectivity index (χ0v) is 11.8. The van der Waals surface area contributed by atoms with Gasteiger partial charge in [0.1, 0.15) is 11.5 Å². The molecule has 1 aromatic carbocycles. The monoisotopic (exact) mass is 276 g/mol. The van der Waals surface area contributed by atoms with E-state index in [0.717, 1.165) is 36.5 Å². The van der Waals surface area contributed by atoms with Crippen molar-refractivity contribution in [2.45, 2.75) is 32.6 Å². The fourth-order valence-electron chi connectivity index (χ4n) is 3.11. The third-order valence-electron chi connectivity index (χ3n) is 4.24. The lowest BCUT2D eigenvalue weighted by Gasteiger charge is -2.29. The van der Waals surface area contributed by atoms with Gasteiger partial charge in [0.15, 0.2) is 11.5 Å². The molecule has 0 saturated heterocycles. The van der Waals surface area contributed by atoms with Gasteiger partial charge < -0.3 is 14.2 Å². The molecular formula is C16H20O4. The molecule has 1 aromatic rings. The van der Waals surface area contributed by atoms with Gasteiger partial charge in [0.2, 0.25) is 6.79 Å². The van der Waals surface area contributed by atoms with Crippen LogP contribution in [0.15, 0.2) is 18.2 Å². The molecule has 4 nitrogen and oxygen atoms in total. The van der Waals surface area contributed by atoms with Crippen LogP contribution in [0, 0.1) is 11.8 Å². The van der Waals surface area contributed by atoms with Crippen molar-refractivity contribution >= 4 is 5.78 Å². The standard InChI is InChI=1S/C16H20O4/c1-11(17)14-5-3-2-4-12(14)9-18-13-6-7-15-16(8-13)20-10-19-15/h6-8,12,14H,2-5,9-10H2,1H3. The fourth-order valence-corrected chi connectivity index (χ4v) is 3.11. The molecule has 1 heterocycles. The normalized spacial score (nSPS) is 24.4. The molecule has 1 fully saturated rings. The van der Waals surface area contributed by atoms with Gasteiger partial charge >= 0.3 is 0 Å². The molecule has 1 saturated carbocycles. The van der Waals surface area contributed by atoms with Gasteiger partial charge in [-0.1, -0.05) is 12.8 Å². The Bertz CT molecular complexity index is 497. The highest BCUT2D eigenvalue weighted by molar-refractivity contribution is 5.78. The van der Waals surface area contributed by atoms with Crippen LogP contribution in [0.3, 0.4) is 0 Å². The Kier molecular flexibility index (Phi) is 3.81. The molecular weight excluding hydrogens is 256 g/mol. The van der Waals surface area contributed by atoms with E-state index in [1.807, 2.05) is 18.2 Å².